The van der Waals surface area contributed by atoms with Crippen LogP contribution in [0.1, 0.15) is 64.2 Å². The van der Waals surface area contributed by atoms with Crippen LogP contribution in [0.15, 0.2) is 0 Å². The summed E-state index contributed by atoms with van der Waals surface area (Å²) < 4.78 is 5.38. The number of carboxylic acid groups (broad SMARTS) is 1. The Morgan fingerprint density at radius 2 is 2.03 bits per heavy atom. The maximum absolute atomic E-state index is 12.7. The molecule has 1 aliphatic carbocycles. The molecule has 0 bridgehead atoms. The molecule has 6 unspecified atom stereocenters. The summed E-state index contributed by atoms with van der Waals surface area (Å²) in [5.41, 5.74) is 0. The third kappa shape index (κ3) is 5.11. The Kier molecular flexibility index (Phi) is 7.40. The lowest BCUT2D eigenvalue weighted by Gasteiger charge is -2.42. The van der Waals surface area contributed by atoms with Crippen LogP contribution in [0.25, 0.3) is 0 Å². The molecular weight excluding hydrogens is 412 g/mol. The highest BCUT2D eigenvalue weighted by Gasteiger charge is 2.43. The second-order valence-electron chi connectivity index (χ2n) is 9.62. The number of carbonyl (C=O) groups excluding carboxylic acids is 1. The van der Waals surface area contributed by atoms with Gasteiger partial charge in [0.15, 0.2) is 5.82 Å². The molecule has 32 heavy (non-hydrogen) atoms. The Morgan fingerprint density at radius 3 is 2.78 bits per heavy atom. The SMILES string of the molecule is CCCc1nnn(C2CC(C(=O)OCC)N(CC3CCC4CNC(C(=O)O)CC4C3)C2)n1. The van der Waals surface area contributed by atoms with Gasteiger partial charge in [0.25, 0.3) is 0 Å². The highest BCUT2D eigenvalue weighted by Crippen LogP contribution is 2.40. The predicted molar refractivity (Wildman–Crippen MR) is 116 cm³/mol. The molecule has 0 radical (unpaired) electrons. The van der Waals surface area contributed by atoms with E-state index in [9.17, 15) is 14.7 Å². The molecule has 0 spiro atoms. The Labute approximate surface area is 189 Å². The number of aryl methyl sites for hydroxylation is 1. The van der Waals surface area contributed by atoms with Gasteiger partial charge < -0.3 is 15.2 Å². The van der Waals surface area contributed by atoms with Crippen molar-refractivity contribution in [3.8, 4) is 0 Å². The van der Waals surface area contributed by atoms with E-state index in [1.807, 2.05) is 6.92 Å². The molecule has 3 heterocycles. The van der Waals surface area contributed by atoms with Crippen molar-refractivity contribution >= 4 is 11.9 Å². The van der Waals surface area contributed by atoms with Crippen LogP contribution in [0.5, 0.6) is 0 Å². The Morgan fingerprint density at radius 1 is 1.19 bits per heavy atom. The van der Waals surface area contributed by atoms with Gasteiger partial charge in [-0.05, 0) is 75.0 Å². The molecule has 0 aromatic carbocycles. The van der Waals surface area contributed by atoms with Crippen LogP contribution in [0, 0.1) is 17.8 Å². The van der Waals surface area contributed by atoms with Gasteiger partial charge in [0.05, 0.1) is 12.6 Å². The average molecular weight is 449 g/mol. The van der Waals surface area contributed by atoms with Gasteiger partial charge in [-0.3, -0.25) is 14.5 Å². The number of aromatic nitrogens is 4. The zero-order valence-electron chi connectivity index (χ0n) is 19.2. The number of hydrogen-bond donors (Lipinski definition) is 2. The second kappa shape index (κ2) is 10.2. The monoisotopic (exact) mass is 448 g/mol. The van der Waals surface area contributed by atoms with Crippen molar-refractivity contribution in [3.05, 3.63) is 5.82 Å². The fraction of sp³-hybridized carbons (Fsp3) is 0.864. The van der Waals surface area contributed by atoms with E-state index >= 15 is 0 Å². The number of hydrogen-bond acceptors (Lipinski definition) is 8. The summed E-state index contributed by atoms with van der Waals surface area (Å²) in [6, 6.07) is -0.721. The Balaban J connectivity index is 1.41. The van der Waals surface area contributed by atoms with Gasteiger partial charge in [-0.1, -0.05) is 6.92 Å². The molecule has 1 aromatic rings. The van der Waals surface area contributed by atoms with Crippen LogP contribution >= 0.6 is 0 Å². The summed E-state index contributed by atoms with van der Waals surface area (Å²) in [5.74, 6) is 1.27. The molecular formula is C22H36N6O4. The lowest BCUT2D eigenvalue weighted by atomic mass is 9.69. The van der Waals surface area contributed by atoms with E-state index in [-0.39, 0.29) is 18.1 Å². The van der Waals surface area contributed by atoms with Crippen LogP contribution in [0.2, 0.25) is 0 Å². The molecule has 1 aromatic heterocycles. The van der Waals surface area contributed by atoms with Gasteiger partial charge in [-0.2, -0.15) is 4.80 Å². The molecule has 10 heteroatoms. The summed E-state index contributed by atoms with van der Waals surface area (Å²) in [6.07, 6.45) is 6.34. The number of ether oxygens (including phenoxy) is 1. The van der Waals surface area contributed by atoms with E-state index in [0.29, 0.717) is 43.7 Å². The summed E-state index contributed by atoms with van der Waals surface area (Å²) in [6.45, 7) is 6.61. The third-order valence-electron chi connectivity index (χ3n) is 7.41. The van der Waals surface area contributed by atoms with Gasteiger partial charge >= 0.3 is 11.9 Å². The van der Waals surface area contributed by atoms with Crippen LogP contribution in [-0.4, -0.2) is 80.5 Å². The summed E-state index contributed by atoms with van der Waals surface area (Å²) in [4.78, 5) is 28.1. The molecule has 2 N–H and O–H groups in total. The number of esters is 1. The van der Waals surface area contributed by atoms with Crippen LogP contribution in [0.3, 0.4) is 0 Å². The maximum Gasteiger partial charge on any atom is 0.323 e. The minimum atomic E-state index is -0.752. The van der Waals surface area contributed by atoms with Crippen molar-refractivity contribution < 1.29 is 19.4 Å². The molecule has 178 valence electrons. The number of nitrogens with one attached hydrogen (secondary N) is 1. The van der Waals surface area contributed by atoms with Crippen LogP contribution in [-0.2, 0) is 20.7 Å². The van der Waals surface area contributed by atoms with Crippen molar-refractivity contribution in [2.45, 2.75) is 76.9 Å². The first-order chi connectivity index (χ1) is 15.5. The molecule has 2 aliphatic heterocycles. The van der Waals surface area contributed by atoms with E-state index < -0.39 is 12.0 Å². The highest BCUT2D eigenvalue weighted by molar-refractivity contribution is 5.76. The predicted octanol–water partition coefficient (Wildman–Crippen LogP) is 1.28. The van der Waals surface area contributed by atoms with E-state index in [2.05, 4.69) is 32.6 Å². The third-order valence-corrected chi connectivity index (χ3v) is 7.41. The van der Waals surface area contributed by atoms with Crippen LogP contribution in [0.4, 0.5) is 0 Å². The van der Waals surface area contributed by atoms with Crippen LogP contribution < -0.4 is 5.32 Å². The van der Waals surface area contributed by atoms with E-state index in [4.69, 9.17) is 4.74 Å². The van der Waals surface area contributed by atoms with Gasteiger partial charge in [0, 0.05) is 19.5 Å². The van der Waals surface area contributed by atoms with Crippen molar-refractivity contribution in [3.63, 3.8) is 0 Å². The van der Waals surface area contributed by atoms with Crippen molar-refractivity contribution in [1.29, 1.82) is 0 Å². The first kappa shape index (κ1) is 23.1. The standard InChI is InChI=1S/C22H36N6O4/c1-3-5-20-24-26-28(25-20)17-10-19(22(31)32-4-2)27(13-17)12-14-6-7-15-11-23-18(21(29)30)9-16(15)8-14/h14-19,23H,3-13H2,1-2H3,(H,29,30). The molecule has 2 saturated heterocycles. The first-order valence-electron chi connectivity index (χ1n) is 12.1. The smallest absolute Gasteiger partial charge is 0.323 e. The molecule has 4 rings (SSSR count). The molecule has 3 aliphatic rings. The summed E-state index contributed by atoms with van der Waals surface area (Å²) in [7, 11) is 0. The zero-order valence-corrected chi connectivity index (χ0v) is 19.2. The zero-order chi connectivity index (χ0) is 22.7. The lowest BCUT2D eigenvalue weighted by Crippen LogP contribution is -2.50. The quantitative estimate of drug-likeness (QED) is 0.566. The average Bonchev–Trinajstić information content (AvgIpc) is 3.41. The van der Waals surface area contributed by atoms with E-state index in [1.165, 1.54) is 0 Å². The van der Waals surface area contributed by atoms with Gasteiger partial charge in [-0.25, -0.2) is 0 Å². The number of fused-ring (bicyclic) bond motifs is 1. The first-order valence-corrected chi connectivity index (χ1v) is 12.1. The minimum absolute atomic E-state index is 0.00845. The lowest BCUT2D eigenvalue weighted by molar-refractivity contribution is -0.149. The van der Waals surface area contributed by atoms with E-state index in [1.54, 1.807) is 4.80 Å². The summed E-state index contributed by atoms with van der Waals surface area (Å²) >= 11 is 0. The number of nitrogens with zero attached hydrogens (tertiary/aromatic N) is 5. The van der Waals surface area contributed by atoms with Gasteiger partial charge in [0.1, 0.15) is 12.1 Å². The number of tetrazole rings is 1. The van der Waals surface area contributed by atoms with Crippen molar-refractivity contribution in [2.75, 3.05) is 26.2 Å². The van der Waals surface area contributed by atoms with Crippen molar-refractivity contribution in [1.82, 2.24) is 30.4 Å². The van der Waals surface area contributed by atoms with Gasteiger partial charge in [0.2, 0.25) is 0 Å². The Bertz CT molecular complexity index is 801. The van der Waals surface area contributed by atoms with Gasteiger partial charge in [-0.15, -0.1) is 10.2 Å². The maximum atomic E-state index is 12.7. The second-order valence-corrected chi connectivity index (χ2v) is 9.62. The minimum Gasteiger partial charge on any atom is -0.480 e. The number of aliphatic carboxylic acids is 1. The largest absolute Gasteiger partial charge is 0.480 e. The summed E-state index contributed by atoms with van der Waals surface area (Å²) in [5, 5.41) is 25.5. The normalized spacial score (nSPS) is 33.1. The number of piperidine rings is 1. The fourth-order valence-corrected chi connectivity index (χ4v) is 5.81. The molecule has 1 saturated carbocycles. The number of rotatable bonds is 8. The Hall–Kier alpha value is -2.07. The molecule has 10 nitrogen and oxygen atoms in total. The number of carboxylic acids is 1. The molecule has 6 atom stereocenters. The molecule has 3 fully saturated rings. The van der Waals surface area contributed by atoms with E-state index in [0.717, 1.165) is 51.0 Å². The molecule has 0 amide bonds. The topological polar surface area (TPSA) is 122 Å². The number of likely N-dealkylation sites (tertiary alicyclic amines) is 1. The highest BCUT2D eigenvalue weighted by atomic mass is 16.5. The number of carbonyl (C=O) groups is 2. The fourth-order valence-electron chi connectivity index (χ4n) is 5.81. The van der Waals surface area contributed by atoms with Crippen molar-refractivity contribution in [2.24, 2.45) is 17.8 Å².